The molecule has 2 rings (SSSR count). The Hall–Kier alpha value is -1.88. The minimum Gasteiger partial charge on any atom is -0.330 e. The SMILES string of the molecule is NCCCN1C(=O)N[C@@H](c2ccccc2)C1=O. The molecule has 1 saturated heterocycles. The van der Waals surface area contributed by atoms with E-state index in [1.54, 1.807) is 0 Å². The van der Waals surface area contributed by atoms with Gasteiger partial charge in [0, 0.05) is 6.54 Å². The van der Waals surface area contributed by atoms with Gasteiger partial charge < -0.3 is 11.1 Å². The van der Waals surface area contributed by atoms with Gasteiger partial charge in [0.2, 0.25) is 0 Å². The molecule has 1 aliphatic heterocycles. The van der Waals surface area contributed by atoms with Crippen LogP contribution in [-0.4, -0.2) is 29.9 Å². The molecule has 17 heavy (non-hydrogen) atoms. The van der Waals surface area contributed by atoms with Crippen LogP contribution in [0.25, 0.3) is 0 Å². The number of nitrogens with zero attached hydrogens (tertiary/aromatic N) is 1. The van der Waals surface area contributed by atoms with Gasteiger partial charge in [-0.3, -0.25) is 9.69 Å². The summed E-state index contributed by atoms with van der Waals surface area (Å²) < 4.78 is 0. The van der Waals surface area contributed by atoms with Crippen LogP contribution in [-0.2, 0) is 4.79 Å². The number of benzene rings is 1. The molecule has 0 aromatic heterocycles. The molecule has 0 radical (unpaired) electrons. The normalized spacial score (nSPS) is 19.6. The van der Waals surface area contributed by atoms with Gasteiger partial charge in [-0.15, -0.1) is 0 Å². The predicted molar refractivity (Wildman–Crippen MR) is 63.1 cm³/mol. The lowest BCUT2D eigenvalue weighted by molar-refractivity contribution is -0.127. The highest BCUT2D eigenvalue weighted by atomic mass is 16.2. The van der Waals surface area contributed by atoms with E-state index in [9.17, 15) is 9.59 Å². The van der Waals surface area contributed by atoms with Gasteiger partial charge in [0.15, 0.2) is 0 Å². The molecule has 5 heteroatoms. The van der Waals surface area contributed by atoms with E-state index >= 15 is 0 Å². The summed E-state index contributed by atoms with van der Waals surface area (Å²) in [6, 6.07) is 8.33. The van der Waals surface area contributed by atoms with Gasteiger partial charge in [-0.1, -0.05) is 30.3 Å². The van der Waals surface area contributed by atoms with Gasteiger partial charge >= 0.3 is 6.03 Å². The zero-order valence-electron chi connectivity index (χ0n) is 9.43. The van der Waals surface area contributed by atoms with Crippen LogP contribution in [0.5, 0.6) is 0 Å². The fourth-order valence-electron chi connectivity index (χ4n) is 1.85. The highest BCUT2D eigenvalue weighted by Gasteiger charge is 2.38. The van der Waals surface area contributed by atoms with Crippen molar-refractivity contribution in [1.82, 2.24) is 10.2 Å². The van der Waals surface area contributed by atoms with Crippen LogP contribution in [0.3, 0.4) is 0 Å². The molecule has 1 fully saturated rings. The minimum absolute atomic E-state index is 0.199. The Morgan fingerprint density at radius 1 is 1.24 bits per heavy atom. The van der Waals surface area contributed by atoms with Crippen molar-refractivity contribution in [3.63, 3.8) is 0 Å². The van der Waals surface area contributed by atoms with Gasteiger partial charge in [0.1, 0.15) is 6.04 Å². The van der Waals surface area contributed by atoms with Gasteiger partial charge in [0.05, 0.1) is 0 Å². The number of nitrogens with two attached hydrogens (primary N) is 1. The quantitative estimate of drug-likeness (QED) is 0.749. The molecule has 1 aliphatic rings. The molecule has 90 valence electrons. The standard InChI is InChI=1S/C12H15N3O2/c13-7-4-8-15-11(16)10(14-12(15)17)9-5-2-1-3-6-9/h1-3,5-6,10H,4,7-8,13H2,(H,14,17)/t10-/m0/s1. The van der Waals surface area contributed by atoms with Gasteiger partial charge in [-0.25, -0.2) is 4.79 Å². The molecule has 1 atom stereocenters. The van der Waals surface area contributed by atoms with Crippen molar-refractivity contribution in [2.24, 2.45) is 5.73 Å². The highest BCUT2D eigenvalue weighted by Crippen LogP contribution is 2.21. The highest BCUT2D eigenvalue weighted by molar-refractivity contribution is 6.04. The van der Waals surface area contributed by atoms with Crippen molar-refractivity contribution < 1.29 is 9.59 Å². The van der Waals surface area contributed by atoms with Crippen LogP contribution in [0.4, 0.5) is 4.79 Å². The largest absolute Gasteiger partial charge is 0.330 e. The average molecular weight is 233 g/mol. The molecular formula is C12H15N3O2. The summed E-state index contributed by atoms with van der Waals surface area (Å²) in [6.45, 7) is 0.845. The molecule has 3 N–H and O–H groups in total. The number of rotatable bonds is 4. The summed E-state index contributed by atoms with van der Waals surface area (Å²) >= 11 is 0. The predicted octanol–water partition coefficient (Wildman–Crippen LogP) is 0.628. The van der Waals surface area contributed by atoms with Crippen molar-refractivity contribution in [2.45, 2.75) is 12.5 Å². The molecule has 0 bridgehead atoms. The number of carbonyl (C=O) groups excluding carboxylic acids is 2. The fourth-order valence-corrected chi connectivity index (χ4v) is 1.85. The second-order valence-electron chi connectivity index (χ2n) is 3.93. The lowest BCUT2D eigenvalue weighted by atomic mass is 10.1. The maximum atomic E-state index is 12.0. The Labute approximate surface area is 99.6 Å². The molecule has 3 amide bonds. The van der Waals surface area contributed by atoms with Crippen molar-refractivity contribution >= 4 is 11.9 Å². The van der Waals surface area contributed by atoms with Crippen LogP contribution in [0.15, 0.2) is 30.3 Å². The zero-order valence-corrected chi connectivity index (χ0v) is 9.43. The summed E-state index contributed by atoms with van der Waals surface area (Å²) in [5.74, 6) is -0.199. The first-order chi connectivity index (χ1) is 8.24. The lowest BCUT2D eigenvalue weighted by Crippen LogP contribution is -2.32. The number of carbonyl (C=O) groups is 2. The molecule has 0 saturated carbocycles. The number of hydrogen-bond acceptors (Lipinski definition) is 3. The molecule has 0 spiro atoms. The van der Waals surface area contributed by atoms with E-state index in [-0.39, 0.29) is 11.9 Å². The van der Waals surface area contributed by atoms with E-state index in [1.807, 2.05) is 30.3 Å². The minimum atomic E-state index is -0.554. The molecule has 5 nitrogen and oxygen atoms in total. The maximum Gasteiger partial charge on any atom is 0.325 e. The molecule has 1 aromatic carbocycles. The van der Waals surface area contributed by atoms with Gasteiger partial charge in [-0.2, -0.15) is 0 Å². The van der Waals surface area contributed by atoms with Gasteiger partial charge in [-0.05, 0) is 18.5 Å². The van der Waals surface area contributed by atoms with Crippen molar-refractivity contribution in [1.29, 1.82) is 0 Å². The van der Waals surface area contributed by atoms with Crippen molar-refractivity contribution in [3.05, 3.63) is 35.9 Å². The van der Waals surface area contributed by atoms with E-state index in [4.69, 9.17) is 5.73 Å². The molecular weight excluding hydrogens is 218 g/mol. The lowest BCUT2D eigenvalue weighted by Gasteiger charge is -2.12. The first kappa shape index (κ1) is 11.6. The van der Waals surface area contributed by atoms with Crippen molar-refractivity contribution in [3.8, 4) is 0 Å². The Morgan fingerprint density at radius 3 is 2.59 bits per heavy atom. The topological polar surface area (TPSA) is 75.4 Å². The summed E-state index contributed by atoms with van der Waals surface area (Å²) in [6.07, 6.45) is 0.626. The number of amides is 3. The third kappa shape index (κ3) is 2.29. The first-order valence-electron chi connectivity index (χ1n) is 5.61. The Kier molecular flexibility index (Phi) is 3.39. The fraction of sp³-hybridized carbons (Fsp3) is 0.333. The second kappa shape index (κ2) is 4.97. The van der Waals surface area contributed by atoms with Crippen LogP contribution >= 0.6 is 0 Å². The number of nitrogens with one attached hydrogen (secondary N) is 1. The zero-order chi connectivity index (χ0) is 12.3. The van der Waals surface area contributed by atoms with Crippen molar-refractivity contribution in [2.75, 3.05) is 13.1 Å². The maximum absolute atomic E-state index is 12.0. The first-order valence-corrected chi connectivity index (χ1v) is 5.61. The van der Waals surface area contributed by atoms with E-state index in [0.717, 1.165) is 5.56 Å². The molecule has 0 unspecified atom stereocenters. The molecule has 1 heterocycles. The van der Waals surface area contributed by atoms with E-state index < -0.39 is 6.04 Å². The monoisotopic (exact) mass is 233 g/mol. The van der Waals surface area contributed by atoms with Gasteiger partial charge in [0.25, 0.3) is 5.91 Å². The summed E-state index contributed by atoms with van der Waals surface area (Å²) in [5.41, 5.74) is 6.18. The van der Waals surface area contributed by atoms with E-state index in [0.29, 0.717) is 19.5 Å². The summed E-state index contributed by atoms with van der Waals surface area (Å²) in [4.78, 5) is 24.9. The van der Waals surface area contributed by atoms with Crippen LogP contribution in [0, 0.1) is 0 Å². The third-order valence-corrected chi connectivity index (χ3v) is 2.74. The van der Waals surface area contributed by atoms with Crippen LogP contribution in [0.1, 0.15) is 18.0 Å². The smallest absolute Gasteiger partial charge is 0.325 e. The van der Waals surface area contributed by atoms with E-state index in [1.165, 1.54) is 4.90 Å². The average Bonchev–Trinajstić information content (AvgIpc) is 2.64. The number of imide groups is 1. The van der Waals surface area contributed by atoms with E-state index in [2.05, 4.69) is 5.32 Å². The molecule has 1 aromatic rings. The molecule has 0 aliphatic carbocycles. The number of hydrogen-bond donors (Lipinski definition) is 2. The third-order valence-electron chi connectivity index (χ3n) is 2.74. The van der Waals surface area contributed by atoms with Crippen LogP contribution < -0.4 is 11.1 Å². The Morgan fingerprint density at radius 2 is 1.94 bits per heavy atom. The van der Waals surface area contributed by atoms with Crippen LogP contribution in [0.2, 0.25) is 0 Å². The summed E-state index contributed by atoms with van der Waals surface area (Å²) in [7, 11) is 0. The number of urea groups is 1. The second-order valence-corrected chi connectivity index (χ2v) is 3.93. The Balaban J connectivity index is 2.13. The Bertz CT molecular complexity index is 419. The summed E-state index contributed by atoms with van der Waals surface area (Å²) in [5, 5.41) is 2.68.